The number of hydrogen-bond acceptors (Lipinski definition) is 4. The van der Waals surface area contributed by atoms with E-state index in [9.17, 15) is 14.0 Å². The largest absolute Gasteiger partial charge is 0.394 e. The van der Waals surface area contributed by atoms with Crippen molar-refractivity contribution >= 4 is 0 Å². The van der Waals surface area contributed by atoms with Gasteiger partial charge in [-0.25, -0.2) is 9.18 Å². The second-order valence-electron chi connectivity index (χ2n) is 5.53. The van der Waals surface area contributed by atoms with E-state index in [1.807, 2.05) is 0 Å². The third kappa shape index (κ3) is 4.30. The molecule has 0 bridgehead atoms. The van der Waals surface area contributed by atoms with Gasteiger partial charge in [-0.05, 0) is 6.42 Å². The zero-order valence-electron chi connectivity index (χ0n) is 13.0. The van der Waals surface area contributed by atoms with Crippen LogP contribution >= 0.6 is 0 Å². The van der Waals surface area contributed by atoms with Crippen molar-refractivity contribution in [3.8, 4) is 11.8 Å². The Morgan fingerprint density at radius 2 is 2.26 bits per heavy atom. The van der Waals surface area contributed by atoms with Crippen molar-refractivity contribution in [2.75, 3.05) is 6.61 Å². The molecule has 7 heteroatoms. The number of aliphatic hydroxyl groups excluding tert-OH is 1. The molecule has 1 saturated heterocycles. The van der Waals surface area contributed by atoms with Crippen molar-refractivity contribution in [1.82, 2.24) is 9.55 Å². The molecule has 3 atom stereocenters. The molecule has 2 heterocycles. The third-order valence-corrected chi connectivity index (χ3v) is 3.75. The van der Waals surface area contributed by atoms with Crippen molar-refractivity contribution in [2.45, 2.75) is 57.5 Å². The van der Waals surface area contributed by atoms with Crippen LogP contribution in [0.2, 0.25) is 0 Å². The van der Waals surface area contributed by atoms with Gasteiger partial charge in [0, 0.05) is 19.0 Å². The minimum atomic E-state index is -1.35. The Hall–Kier alpha value is -1.91. The Bertz CT molecular complexity index is 701. The average molecular weight is 324 g/mol. The van der Waals surface area contributed by atoms with Gasteiger partial charge < -0.3 is 9.84 Å². The molecule has 1 aliphatic rings. The molecule has 1 aliphatic heterocycles. The van der Waals surface area contributed by atoms with Gasteiger partial charge in [-0.15, -0.1) is 0 Å². The van der Waals surface area contributed by atoms with Gasteiger partial charge in [0.1, 0.15) is 24.1 Å². The number of H-pyrrole nitrogens is 1. The zero-order valence-corrected chi connectivity index (χ0v) is 13.0. The maximum absolute atomic E-state index is 13.7. The van der Waals surface area contributed by atoms with Crippen LogP contribution in [0, 0.1) is 11.8 Å². The number of halogens is 1. The fourth-order valence-electron chi connectivity index (χ4n) is 2.43. The van der Waals surface area contributed by atoms with Gasteiger partial charge in [0.2, 0.25) is 0 Å². The van der Waals surface area contributed by atoms with Crippen LogP contribution in [0.25, 0.3) is 0 Å². The molecule has 0 spiro atoms. The summed E-state index contributed by atoms with van der Waals surface area (Å²) in [7, 11) is 0. The summed E-state index contributed by atoms with van der Waals surface area (Å²) >= 11 is 0. The number of unbranched alkanes of at least 4 members (excludes halogenated alkanes) is 3. The molecule has 126 valence electrons. The molecule has 0 aliphatic carbocycles. The van der Waals surface area contributed by atoms with Gasteiger partial charge >= 0.3 is 5.69 Å². The maximum atomic E-state index is 13.7. The van der Waals surface area contributed by atoms with Crippen LogP contribution in [-0.2, 0) is 4.74 Å². The first kappa shape index (κ1) is 17.4. The average Bonchev–Trinajstić information content (AvgIpc) is 2.89. The van der Waals surface area contributed by atoms with E-state index in [1.165, 1.54) is 6.20 Å². The molecule has 0 amide bonds. The number of nitrogens with zero attached hydrogens (tertiary/aromatic N) is 1. The minimum Gasteiger partial charge on any atom is -0.394 e. The topological polar surface area (TPSA) is 84.3 Å². The number of alkyl halides is 1. The van der Waals surface area contributed by atoms with Gasteiger partial charge in [-0.2, -0.15) is 0 Å². The number of aliphatic hydroxyl groups is 1. The Morgan fingerprint density at radius 1 is 1.48 bits per heavy atom. The molecular formula is C16H21FN2O4. The number of aromatic amines is 1. The van der Waals surface area contributed by atoms with Crippen LogP contribution in [0.3, 0.4) is 0 Å². The van der Waals surface area contributed by atoms with E-state index in [1.54, 1.807) is 0 Å². The molecule has 6 nitrogen and oxygen atoms in total. The lowest BCUT2D eigenvalue weighted by Crippen LogP contribution is -2.33. The number of ether oxygens (including phenoxy) is 1. The van der Waals surface area contributed by atoms with Crippen LogP contribution in [0.4, 0.5) is 4.39 Å². The molecule has 0 radical (unpaired) electrons. The Morgan fingerprint density at radius 3 is 2.91 bits per heavy atom. The number of hydrogen-bond donors (Lipinski definition) is 2. The molecule has 1 fully saturated rings. The summed E-state index contributed by atoms with van der Waals surface area (Å²) < 4.78 is 20.1. The molecule has 0 aromatic carbocycles. The summed E-state index contributed by atoms with van der Waals surface area (Å²) in [4.78, 5) is 25.8. The Labute approximate surface area is 133 Å². The summed E-state index contributed by atoms with van der Waals surface area (Å²) in [6, 6.07) is 0. The quantitative estimate of drug-likeness (QED) is 0.627. The summed E-state index contributed by atoms with van der Waals surface area (Å²) in [6.45, 7) is 1.63. The second-order valence-corrected chi connectivity index (χ2v) is 5.53. The number of nitrogens with one attached hydrogen (secondary N) is 1. The molecule has 2 N–H and O–H groups in total. The minimum absolute atomic E-state index is 0.0550. The molecule has 0 unspecified atom stereocenters. The first-order valence-electron chi connectivity index (χ1n) is 7.81. The SMILES string of the molecule is CCCCCC#Cc1cn([C@H]2C[C@H](F)[C@@H](CO)O2)c(=O)[nH]c1=O. The van der Waals surface area contributed by atoms with Gasteiger partial charge in [-0.1, -0.05) is 31.6 Å². The van der Waals surface area contributed by atoms with E-state index >= 15 is 0 Å². The van der Waals surface area contributed by atoms with Gasteiger partial charge in [0.05, 0.1) is 6.61 Å². The van der Waals surface area contributed by atoms with Crippen molar-refractivity contribution in [3.05, 3.63) is 32.6 Å². The first-order chi connectivity index (χ1) is 11.1. The smallest absolute Gasteiger partial charge is 0.330 e. The molecular weight excluding hydrogens is 303 g/mol. The highest BCUT2D eigenvalue weighted by molar-refractivity contribution is 5.29. The molecule has 23 heavy (non-hydrogen) atoms. The van der Waals surface area contributed by atoms with E-state index in [0.717, 1.165) is 23.8 Å². The summed E-state index contributed by atoms with van der Waals surface area (Å²) in [6.07, 6.45) is 1.86. The lowest BCUT2D eigenvalue weighted by atomic mass is 10.2. The van der Waals surface area contributed by atoms with Crippen LogP contribution in [0.15, 0.2) is 15.8 Å². The fraction of sp³-hybridized carbons (Fsp3) is 0.625. The van der Waals surface area contributed by atoms with Crippen molar-refractivity contribution in [1.29, 1.82) is 0 Å². The van der Waals surface area contributed by atoms with Crippen LogP contribution in [0.5, 0.6) is 0 Å². The highest BCUT2D eigenvalue weighted by Gasteiger charge is 2.36. The zero-order chi connectivity index (χ0) is 16.8. The Kier molecular flexibility index (Phi) is 6.13. The summed E-state index contributed by atoms with van der Waals surface area (Å²) in [5.74, 6) is 5.65. The van der Waals surface area contributed by atoms with Crippen LogP contribution < -0.4 is 11.2 Å². The Balaban J connectivity index is 2.20. The van der Waals surface area contributed by atoms with E-state index in [-0.39, 0.29) is 12.0 Å². The van der Waals surface area contributed by atoms with Crippen molar-refractivity contribution in [3.63, 3.8) is 0 Å². The monoisotopic (exact) mass is 324 g/mol. The summed E-state index contributed by atoms with van der Waals surface area (Å²) in [5, 5.41) is 9.02. The van der Waals surface area contributed by atoms with Crippen LogP contribution in [0.1, 0.15) is 50.8 Å². The first-order valence-corrected chi connectivity index (χ1v) is 7.81. The normalized spacial score (nSPS) is 23.5. The predicted molar refractivity (Wildman–Crippen MR) is 82.9 cm³/mol. The molecule has 1 aromatic heterocycles. The highest BCUT2D eigenvalue weighted by Crippen LogP contribution is 2.29. The third-order valence-electron chi connectivity index (χ3n) is 3.75. The highest BCUT2D eigenvalue weighted by atomic mass is 19.1. The van der Waals surface area contributed by atoms with Gasteiger partial charge in [0.25, 0.3) is 5.56 Å². The molecule has 0 saturated carbocycles. The standard InChI is InChI=1S/C16H21FN2O4/c1-2-3-4-5-6-7-11-9-19(16(22)18-15(11)21)14-8-12(17)13(10-20)23-14/h9,12-14,20H,2-5,8,10H2,1H3,(H,18,21,22)/t12-,13+,14+/m0/s1. The number of aromatic nitrogens is 2. The van der Waals surface area contributed by atoms with Crippen molar-refractivity contribution in [2.24, 2.45) is 0 Å². The fourth-order valence-corrected chi connectivity index (χ4v) is 2.43. The lowest BCUT2D eigenvalue weighted by molar-refractivity contribution is -0.0356. The van der Waals surface area contributed by atoms with Crippen LogP contribution in [-0.4, -0.2) is 33.5 Å². The number of rotatable bonds is 5. The second kappa shape index (κ2) is 8.09. The predicted octanol–water partition coefficient (Wildman–Crippen LogP) is 1.09. The van der Waals surface area contributed by atoms with Gasteiger partial charge in [0.15, 0.2) is 0 Å². The lowest BCUT2D eigenvalue weighted by Gasteiger charge is -2.14. The van der Waals surface area contributed by atoms with Crippen molar-refractivity contribution < 1.29 is 14.2 Å². The van der Waals surface area contributed by atoms with E-state index < -0.39 is 36.4 Å². The summed E-state index contributed by atoms with van der Waals surface area (Å²) in [5.41, 5.74) is -1.10. The molecule has 1 aromatic rings. The molecule has 2 rings (SSSR count). The van der Waals surface area contributed by atoms with E-state index in [2.05, 4.69) is 23.7 Å². The van der Waals surface area contributed by atoms with E-state index in [4.69, 9.17) is 9.84 Å². The maximum Gasteiger partial charge on any atom is 0.330 e. The van der Waals surface area contributed by atoms with E-state index in [0.29, 0.717) is 6.42 Å². The van der Waals surface area contributed by atoms with Gasteiger partial charge in [-0.3, -0.25) is 14.3 Å².